The molecule has 2 N–H and O–H groups in total. The summed E-state index contributed by atoms with van der Waals surface area (Å²) in [5.74, 6) is -0.890. The van der Waals surface area contributed by atoms with Gasteiger partial charge in [-0.3, -0.25) is 10.1 Å². The minimum Gasteiger partial charge on any atom is -0.480 e. The minimum atomic E-state index is -0.890. The third-order valence-corrected chi connectivity index (χ3v) is 2.45. The maximum Gasteiger partial charge on any atom is 0.325 e. The Morgan fingerprint density at radius 3 is 2.60 bits per heavy atom. The van der Waals surface area contributed by atoms with E-state index in [-0.39, 0.29) is 0 Å². The van der Waals surface area contributed by atoms with E-state index in [9.17, 15) is 4.79 Å². The van der Waals surface area contributed by atoms with E-state index in [1.165, 1.54) is 0 Å². The Balaban J connectivity index is 2.83. The molecule has 0 bridgehead atoms. The van der Waals surface area contributed by atoms with Gasteiger partial charge < -0.3 is 5.11 Å². The predicted octanol–water partition coefficient (Wildman–Crippen LogP) is 2.35. The minimum absolute atomic E-state index is 0.465. The first kappa shape index (κ1) is 11.9. The highest BCUT2D eigenvalue weighted by Crippen LogP contribution is 2.17. The summed E-state index contributed by atoms with van der Waals surface area (Å²) in [4.78, 5) is 11.0. The van der Waals surface area contributed by atoms with Crippen molar-refractivity contribution in [3.63, 3.8) is 0 Å². The molecule has 0 aliphatic carbocycles. The molecular weight excluding hydrogens is 258 g/mol. The van der Waals surface area contributed by atoms with E-state index < -0.39 is 12.0 Å². The Kier molecular flexibility index (Phi) is 4.52. The molecule has 0 aliphatic rings. The maximum absolute atomic E-state index is 11.0. The van der Waals surface area contributed by atoms with Crippen LogP contribution in [-0.2, 0) is 4.79 Å². The fourth-order valence-corrected chi connectivity index (χ4v) is 1.47. The molecule has 0 fully saturated rings. The predicted molar refractivity (Wildman–Crippen MR) is 62.7 cm³/mol. The van der Waals surface area contributed by atoms with Gasteiger partial charge in [0.15, 0.2) is 0 Å². The number of nitrogens with one attached hydrogen (secondary N) is 1. The van der Waals surface area contributed by atoms with E-state index in [1.54, 1.807) is 18.2 Å². The van der Waals surface area contributed by atoms with Crippen molar-refractivity contribution in [2.75, 3.05) is 6.54 Å². The lowest BCUT2D eigenvalue weighted by Crippen LogP contribution is -2.28. The average molecular weight is 270 g/mol. The molecule has 15 heavy (non-hydrogen) atoms. The van der Waals surface area contributed by atoms with Gasteiger partial charge in [0.1, 0.15) is 6.04 Å². The first-order valence-electron chi connectivity index (χ1n) is 4.47. The normalized spacial score (nSPS) is 12.1. The summed E-state index contributed by atoms with van der Waals surface area (Å²) < 4.78 is 0.930. The highest BCUT2D eigenvalue weighted by Gasteiger charge is 2.17. The number of hydrogen-bond acceptors (Lipinski definition) is 2. The van der Waals surface area contributed by atoms with Crippen LogP contribution in [0.15, 0.2) is 41.4 Å². The van der Waals surface area contributed by atoms with E-state index in [0.717, 1.165) is 10.0 Å². The highest BCUT2D eigenvalue weighted by molar-refractivity contribution is 9.10. The molecule has 0 radical (unpaired) electrons. The molecule has 0 heterocycles. The van der Waals surface area contributed by atoms with Crippen LogP contribution in [0.5, 0.6) is 0 Å². The maximum atomic E-state index is 11.0. The summed E-state index contributed by atoms with van der Waals surface area (Å²) in [6.45, 7) is 4.00. The quantitative estimate of drug-likeness (QED) is 0.807. The van der Waals surface area contributed by atoms with Crippen LogP contribution in [-0.4, -0.2) is 17.6 Å². The second-order valence-corrected chi connectivity index (χ2v) is 3.94. The van der Waals surface area contributed by atoms with Gasteiger partial charge in [0.2, 0.25) is 0 Å². The molecule has 1 rings (SSSR count). The number of hydrogen-bond donors (Lipinski definition) is 2. The topological polar surface area (TPSA) is 49.3 Å². The van der Waals surface area contributed by atoms with Crippen LogP contribution < -0.4 is 5.32 Å². The van der Waals surface area contributed by atoms with Gasteiger partial charge in [-0.05, 0) is 17.7 Å². The molecular formula is C11H12BrNO2. The Morgan fingerprint density at radius 1 is 1.53 bits per heavy atom. The lowest BCUT2D eigenvalue weighted by atomic mass is 10.1. The summed E-state index contributed by atoms with van der Waals surface area (Å²) >= 11 is 3.30. The standard InChI is InChI=1S/C11H12BrNO2/c1-2-7-13-10(11(14)15)8-3-5-9(12)6-4-8/h2-6,10,13H,1,7H2,(H,14,15). The molecule has 1 unspecified atom stereocenters. The molecule has 0 saturated heterocycles. The zero-order valence-corrected chi connectivity index (χ0v) is 9.70. The fourth-order valence-electron chi connectivity index (χ4n) is 1.20. The molecule has 4 heteroatoms. The number of halogens is 1. The number of carboxylic acids is 1. The van der Waals surface area contributed by atoms with E-state index in [0.29, 0.717) is 6.54 Å². The first-order chi connectivity index (χ1) is 7.15. The van der Waals surface area contributed by atoms with Crippen molar-refractivity contribution < 1.29 is 9.90 Å². The lowest BCUT2D eigenvalue weighted by molar-refractivity contribution is -0.139. The first-order valence-corrected chi connectivity index (χ1v) is 5.27. The molecule has 0 spiro atoms. The highest BCUT2D eigenvalue weighted by atomic mass is 79.9. The van der Waals surface area contributed by atoms with Crippen LogP contribution in [0.4, 0.5) is 0 Å². The van der Waals surface area contributed by atoms with Gasteiger partial charge >= 0.3 is 5.97 Å². The Labute approximate surface area is 96.9 Å². The number of carbonyl (C=O) groups is 1. The molecule has 1 atom stereocenters. The summed E-state index contributed by atoms with van der Waals surface area (Å²) in [6.07, 6.45) is 1.63. The van der Waals surface area contributed by atoms with Gasteiger partial charge in [-0.1, -0.05) is 34.1 Å². The zero-order chi connectivity index (χ0) is 11.3. The van der Waals surface area contributed by atoms with Crippen molar-refractivity contribution in [1.29, 1.82) is 0 Å². The van der Waals surface area contributed by atoms with Crippen LogP contribution in [0.1, 0.15) is 11.6 Å². The van der Waals surface area contributed by atoms with Crippen LogP contribution in [0.3, 0.4) is 0 Å². The number of rotatable bonds is 5. The van der Waals surface area contributed by atoms with E-state index in [2.05, 4.69) is 27.8 Å². The summed E-state index contributed by atoms with van der Waals surface area (Å²) in [5, 5.41) is 11.9. The van der Waals surface area contributed by atoms with Crippen molar-refractivity contribution in [2.45, 2.75) is 6.04 Å². The lowest BCUT2D eigenvalue weighted by Gasteiger charge is -2.13. The third kappa shape index (κ3) is 3.49. The number of carboxylic acid groups (broad SMARTS) is 1. The monoisotopic (exact) mass is 269 g/mol. The van der Waals surface area contributed by atoms with E-state index in [4.69, 9.17) is 5.11 Å². The molecule has 0 amide bonds. The Hall–Kier alpha value is -1.13. The number of aliphatic carboxylic acids is 1. The fraction of sp³-hybridized carbons (Fsp3) is 0.182. The molecule has 80 valence electrons. The summed E-state index contributed by atoms with van der Waals surface area (Å²) in [7, 11) is 0. The van der Waals surface area contributed by atoms with Crippen LogP contribution >= 0.6 is 15.9 Å². The molecule has 0 saturated carbocycles. The molecule has 1 aromatic carbocycles. The SMILES string of the molecule is C=CCNC(C(=O)O)c1ccc(Br)cc1. The summed E-state index contributed by atoms with van der Waals surface area (Å²) in [5.41, 5.74) is 0.729. The van der Waals surface area contributed by atoms with Gasteiger partial charge in [0, 0.05) is 11.0 Å². The van der Waals surface area contributed by atoms with E-state index in [1.807, 2.05) is 12.1 Å². The van der Waals surface area contributed by atoms with Crippen molar-refractivity contribution in [1.82, 2.24) is 5.32 Å². The van der Waals surface area contributed by atoms with Crippen molar-refractivity contribution >= 4 is 21.9 Å². The van der Waals surface area contributed by atoms with Crippen molar-refractivity contribution in [3.8, 4) is 0 Å². The van der Waals surface area contributed by atoms with Crippen LogP contribution in [0.2, 0.25) is 0 Å². The Morgan fingerprint density at radius 2 is 2.13 bits per heavy atom. The van der Waals surface area contributed by atoms with Crippen LogP contribution in [0.25, 0.3) is 0 Å². The second kappa shape index (κ2) is 5.68. The van der Waals surface area contributed by atoms with Gasteiger partial charge in [-0.15, -0.1) is 6.58 Å². The Bertz CT molecular complexity index is 348. The van der Waals surface area contributed by atoms with Crippen molar-refractivity contribution in [2.24, 2.45) is 0 Å². The summed E-state index contributed by atoms with van der Waals surface area (Å²) in [6, 6.07) is 6.51. The smallest absolute Gasteiger partial charge is 0.325 e. The molecule has 0 aliphatic heterocycles. The second-order valence-electron chi connectivity index (χ2n) is 3.02. The third-order valence-electron chi connectivity index (χ3n) is 1.92. The van der Waals surface area contributed by atoms with Gasteiger partial charge in [-0.25, -0.2) is 0 Å². The van der Waals surface area contributed by atoms with Crippen LogP contribution in [0, 0.1) is 0 Å². The molecule has 3 nitrogen and oxygen atoms in total. The van der Waals surface area contributed by atoms with E-state index >= 15 is 0 Å². The molecule has 0 aromatic heterocycles. The average Bonchev–Trinajstić information content (AvgIpc) is 2.21. The van der Waals surface area contributed by atoms with Gasteiger partial charge in [-0.2, -0.15) is 0 Å². The zero-order valence-electron chi connectivity index (χ0n) is 8.11. The largest absolute Gasteiger partial charge is 0.480 e. The van der Waals surface area contributed by atoms with Crippen molar-refractivity contribution in [3.05, 3.63) is 47.0 Å². The van der Waals surface area contributed by atoms with Gasteiger partial charge in [0.25, 0.3) is 0 Å². The number of benzene rings is 1. The van der Waals surface area contributed by atoms with Gasteiger partial charge in [0.05, 0.1) is 0 Å². The molecule has 1 aromatic rings.